The number of hydrogen-bond donors (Lipinski definition) is 0. The molecule has 104 valence electrons. The molecule has 20 heavy (non-hydrogen) atoms. The second-order valence-electron chi connectivity index (χ2n) is 6.53. The molecule has 4 rings (SSSR count). The molecular formula is C18H22N2. The van der Waals surface area contributed by atoms with E-state index in [9.17, 15) is 0 Å². The van der Waals surface area contributed by atoms with E-state index in [1.165, 1.54) is 32.1 Å². The van der Waals surface area contributed by atoms with E-state index in [0.717, 1.165) is 11.8 Å². The van der Waals surface area contributed by atoms with Crippen LogP contribution in [0, 0.1) is 5.92 Å². The van der Waals surface area contributed by atoms with E-state index in [2.05, 4.69) is 40.9 Å². The predicted molar refractivity (Wildman–Crippen MR) is 80.9 cm³/mol. The number of aryl methyl sites for hydroxylation is 1. The van der Waals surface area contributed by atoms with Gasteiger partial charge < -0.3 is 4.57 Å². The summed E-state index contributed by atoms with van der Waals surface area (Å²) in [5, 5.41) is 0. The first-order chi connectivity index (χ1) is 9.83. The van der Waals surface area contributed by atoms with Crippen LogP contribution in [-0.2, 0) is 12.8 Å². The lowest BCUT2D eigenvalue weighted by Crippen LogP contribution is -2.28. The van der Waals surface area contributed by atoms with Crippen LogP contribution in [0.4, 0.5) is 0 Å². The minimum absolute atomic E-state index is 0.552. The first kappa shape index (κ1) is 12.2. The lowest BCUT2D eigenvalue weighted by atomic mass is 9.68. The average Bonchev–Trinajstić information content (AvgIpc) is 3.01. The maximum absolute atomic E-state index is 4.21. The van der Waals surface area contributed by atoms with Crippen molar-refractivity contribution in [1.29, 1.82) is 0 Å². The quantitative estimate of drug-likeness (QED) is 0.799. The van der Waals surface area contributed by atoms with Crippen molar-refractivity contribution in [3.05, 3.63) is 53.6 Å². The molecule has 2 heteroatoms. The molecule has 2 nitrogen and oxygen atoms in total. The van der Waals surface area contributed by atoms with Gasteiger partial charge in [-0.3, -0.25) is 0 Å². The highest BCUT2D eigenvalue weighted by Gasteiger charge is 2.33. The van der Waals surface area contributed by atoms with Crippen LogP contribution in [-0.4, -0.2) is 9.55 Å². The van der Waals surface area contributed by atoms with Crippen molar-refractivity contribution in [3.8, 4) is 0 Å². The first-order valence-corrected chi connectivity index (χ1v) is 7.91. The van der Waals surface area contributed by atoms with E-state index >= 15 is 0 Å². The molecule has 0 N–H and O–H groups in total. The highest BCUT2D eigenvalue weighted by Crippen LogP contribution is 2.45. The van der Waals surface area contributed by atoms with E-state index < -0.39 is 0 Å². The number of benzene rings is 1. The average molecular weight is 266 g/mol. The van der Waals surface area contributed by atoms with Crippen molar-refractivity contribution >= 4 is 0 Å². The Bertz CT molecular complexity index is 600. The van der Waals surface area contributed by atoms with Crippen molar-refractivity contribution < 1.29 is 0 Å². The largest absolute Gasteiger partial charge is 0.334 e. The van der Waals surface area contributed by atoms with Crippen molar-refractivity contribution in [1.82, 2.24) is 9.55 Å². The Hall–Kier alpha value is -1.57. The van der Waals surface area contributed by atoms with E-state index in [0.29, 0.717) is 6.04 Å². The number of rotatable bonds is 2. The zero-order valence-corrected chi connectivity index (χ0v) is 12.1. The molecule has 0 saturated heterocycles. The maximum Gasteiger partial charge on any atom is 0.0948 e. The van der Waals surface area contributed by atoms with Gasteiger partial charge in [0.1, 0.15) is 0 Å². The van der Waals surface area contributed by atoms with Crippen LogP contribution in [0.15, 0.2) is 36.9 Å². The molecule has 3 atom stereocenters. The Balaban J connectivity index is 1.67. The smallest absolute Gasteiger partial charge is 0.0948 e. The highest BCUT2D eigenvalue weighted by molar-refractivity contribution is 5.42. The summed E-state index contributed by atoms with van der Waals surface area (Å²) < 4.78 is 2.28. The summed E-state index contributed by atoms with van der Waals surface area (Å²) >= 11 is 0. The van der Waals surface area contributed by atoms with E-state index in [-0.39, 0.29) is 0 Å². The topological polar surface area (TPSA) is 17.8 Å². The number of hydrogen-bond acceptors (Lipinski definition) is 1. The third kappa shape index (κ3) is 1.90. The van der Waals surface area contributed by atoms with Gasteiger partial charge in [-0.25, -0.2) is 4.98 Å². The molecule has 0 spiro atoms. The zero-order chi connectivity index (χ0) is 13.5. The Kier molecular flexibility index (Phi) is 2.90. The SMILES string of the molecule is CC(C1Cc2cccc3c2C(CCC3)C1)n1ccnc1. The molecule has 2 aliphatic carbocycles. The van der Waals surface area contributed by atoms with Gasteiger partial charge in [-0.05, 0) is 67.6 Å². The van der Waals surface area contributed by atoms with Crippen LogP contribution in [0.25, 0.3) is 0 Å². The van der Waals surface area contributed by atoms with Gasteiger partial charge in [-0.2, -0.15) is 0 Å². The molecule has 1 heterocycles. The van der Waals surface area contributed by atoms with Crippen molar-refractivity contribution in [2.45, 2.75) is 51.0 Å². The van der Waals surface area contributed by atoms with Crippen molar-refractivity contribution in [2.24, 2.45) is 5.92 Å². The molecule has 1 aromatic carbocycles. The summed E-state index contributed by atoms with van der Waals surface area (Å²) in [7, 11) is 0. The zero-order valence-electron chi connectivity index (χ0n) is 12.1. The lowest BCUT2D eigenvalue weighted by Gasteiger charge is -2.38. The van der Waals surface area contributed by atoms with E-state index in [4.69, 9.17) is 0 Å². The molecule has 0 amide bonds. The molecular weight excluding hydrogens is 244 g/mol. The van der Waals surface area contributed by atoms with Crippen LogP contribution in [0.1, 0.15) is 54.8 Å². The number of nitrogens with zero attached hydrogens (tertiary/aromatic N) is 2. The molecule has 1 aromatic heterocycles. The second-order valence-corrected chi connectivity index (χ2v) is 6.53. The summed E-state index contributed by atoms with van der Waals surface area (Å²) in [6.07, 6.45) is 12.6. The second kappa shape index (κ2) is 4.76. The fourth-order valence-electron chi connectivity index (χ4n) is 4.36. The van der Waals surface area contributed by atoms with Crippen molar-refractivity contribution in [3.63, 3.8) is 0 Å². The fraction of sp³-hybridized carbons (Fsp3) is 0.500. The predicted octanol–water partition coefficient (Wildman–Crippen LogP) is 4.13. The molecule has 3 unspecified atom stereocenters. The molecule has 0 bridgehead atoms. The van der Waals surface area contributed by atoms with E-state index in [1.54, 1.807) is 16.7 Å². The lowest BCUT2D eigenvalue weighted by molar-refractivity contribution is 0.279. The Morgan fingerprint density at radius 2 is 2.20 bits per heavy atom. The van der Waals surface area contributed by atoms with Crippen LogP contribution in [0.2, 0.25) is 0 Å². The van der Waals surface area contributed by atoms with Gasteiger partial charge in [0, 0.05) is 18.4 Å². The Morgan fingerprint density at radius 1 is 1.30 bits per heavy atom. The van der Waals surface area contributed by atoms with Gasteiger partial charge >= 0.3 is 0 Å². The molecule has 2 aromatic rings. The monoisotopic (exact) mass is 266 g/mol. The van der Waals surface area contributed by atoms with Gasteiger partial charge in [0.2, 0.25) is 0 Å². The van der Waals surface area contributed by atoms with Crippen LogP contribution >= 0.6 is 0 Å². The fourth-order valence-corrected chi connectivity index (χ4v) is 4.36. The van der Waals surface area contributed by atoms with Gasteiger partial charge in [-0.1, -0.05) is 18.2 Å². The van der Waals surface area contributed by atoms with Crippen molar-refractivity contribution in [2.75, 3.05) is 0 Å². The standard InChI is InChI=1S/C18H22N2/c1-13(20-9-8-19-12-20)17-10-15-6-2-4-14-5-3-7-16(11-17)18(14)15/h2,4,6,8-9,12-13,16-17H,3,5,7,10-11H2,1H3. The number of imidazole rings is 1. The highest BCUT2D eigenvalue weighted by atomic mass is 15.0. The van der Waals surface area contributed by atoms with Gasteiger partial charge in [0.05, 0.1) is 6.33 Å². The van der Waals surface area contributed by atoms with Gasteiger partial charge in [-0.15, -0.1) is 0 Å². The Morgan fingerprint density at radius 3 is 3.05 bits per heavy atom. The van der Waals surface area contributed by atoms with Crippen LogP contribution < -0.4 is 0 Å². The molecule has 0 aliphatic heterocycles. The summed E-state index contributed by atoms with van der Waals surface area (Å²) in [6.45, 7) is 2.35. The third-order valence-electron chi connectivity index (χ3n) is 5.44. The van der Waals surface area contributed by atoms with Crippen LogP contribution in [0.5, 0.6) is 0 Å². The molecule has 0 fully saturated rings. The molecule has 0 saturated carbocycles. The normalized spacial score (nSPS) is 26.1. The van der Waals surface area contributed by atoms with Crippen LogP contribution in [0.3, 0.4) is 0 Å². The van der Waals surface area contributed by atoms with E-state index in [1.807, 2.05) is 12.5 Å². The summed E-state index contributed by atoms with van der Waals surface area (Å²) in [5.41, 5.74) is 4.97. The van der Waals surface area contributed by atoms with Gasteiger partial charge in [0.25, 0.3) is 0 Å². The first-order valence-electron chi connectivity index (χ1n) is 7.91. The number of aromatic nitrogens is 2. The minimum atomic E-state index is 0.552. The summed E-state index contributed by atoms with van der Waals surface area (Å²) in [4.78, 5) is 4.21. The third-order valence-corrected chi connectivity index (χ3v) is 5.44. The summed E-state index contributed by atoms with van der Waals surface area (Å²) in [5.74, 6) is 1.55. The molecule has 2 aliphatic rings. The maximum atomic E-state index is 4.21. The molecule has 0 radical (unpaired) electrons. The summed E-state index contributed by atoms with van der Waals surface area (Å²) in [6, 6.07) is 7.53. The van der Waals surface area contributed by atoms with Gasteiger partial charge in [0.15, 0.2) is 0 Å². The Labute approximate surface area is 120 Å². The minimum Gasteiger partial charge on any atom is -0.334 e.